The zero-order valence-electron chi connectivity index (χ0n) is 34.2. The maximum atomic E-state index is 5.30. The van der Waals surface area contributed by atoms with Gasteiger partial charge in [-0.05, 0) is 141 Å². The third-order valence-corrected chi connectivity index (χ3v) is 11.9. The summed E-state index contributed by atoms with van der Waals surface area (Å²) in [6, 6.07) is 60.0. The Morgan fingerprint density at radius 1 is 0.383 bits per heavy atom. The molecule has 8 aromatic carbocycles. The monoisotopic (exact) mass is 1120 g/mol. The fourth-order valence-corrected chi connectivity index (χ4v) is 8.65. The minimum atomic E-state index is 0. The van der Waals surface area contributed by atoms with Gasteiger partial charge in [0.05, 0.1) is 0 Å². The molecule has 2 unspecified atom stereocenters. The number of aryl methyl sites for hydroxylation is 2. The Bertz CT molecular complexity index is 2730. The molecule has 2 nitrogen and oxygen atoms in total. The average Bonchev–Trinajstić information content (AvgIpc) is 4.19. The fraction of sp³-hybridized carbons (Fsp3) is 0.179. The molecule has 0 radical (unpaired) electrons. The van der Waals surface area contributed by atoms with Gasteiger partial charge in [0, 0.05) is 42.1 Å². The first-order valence-electron chi connectivity index (χ1n) is 20.8. The first-order valence-corrected chi connectivity index (χ1v) is 20.8. The number of hydrogen-bond acceptors (Lipinski definition) is 2. The Balaban J connectivity index is 0.00000249. The van der Waals surface area contributed by atoms with Crippen molar-refractivity contribution in [1.82, 2.24) is 0 Å². The van der Waals surface area contributed by atoms with Crippen LogP contribution in [0.4, 0.5) is 0 Å². The molecule has 2 fully saturated rings. The van der Waals surface area contributed by atoms with Gasteiger partial charge in [0.25, 0.3) is 0 Å². The van der Waals surface area contributed by atoms with Gasteiger partial charge in [0.2, 0.25) is 0 Å². The molecule has 4 heteroatoms. The molecule has 0 aromatic heterocycles. The summed E-state index contributed by atoms with van der Waals surface area (Å²) in [5.74, 6) is 0. The van der Waals surface area contributed by atoms with Crippen LogP contribution < -0.4 is 0 Å². The van der Waals surface area contributed by atoms with Gasteiger partial charge >= 0.3 is 0 Å². The van der Waals surface area contributed by atoms with Crippen LogP contribution in [-0.2, 0) is 90.1 Å². The summed E-state index contributed by atoms with van der Waals surface area (Å²) in [6.45, 7) is 8.21. The molecule has 0 bridgehead atoms. The number of ether oxygens (including phenoxy) is 2. The molecule has 2 heterocycles. The average molecular weight is 1120 g/mol. The van der Waals surface area contributed by atoms with Crippen molar-refractivity contribution in [2.75, 3.05) is 0 Å². The van der Waals surface area contributed by atoms with Gasteiger partial charge in [0.15, 0.2) is 0 Å². The smallest absolute Gasteiger partial charge is 0 e. The van der Waals surface area contributed by atoms with E-state index in [-0.39, 0.29) is 42.1 Å². The molecule has 0 N–H and O–H groups in total. The van der Waals surface area contributed by atoms with Gasteiger partial charge in [-0.2, -0.15) is 13.2 Å². The second-order valence-electron chi connectivity index (χ2n) is 16.7. The van der Waals surface area contributed by atoms with E-state index in [0.29, 0.717) is 12.2 Å². The normalized spacial score (nSPS) is 15.4. The van der Waals surface area contributed by atoms with Gasteiger partial charge in [0.1, 0.15) is 0 Å². The predicted octanol–water partition coefficient (Wildman–Crippen LogP) is 12.8. The van der Waals surface area contributed by atoms with Crippen molar-refractivity contribution in [3.63, 3.8) is 0 Å². The topological polar surface area (TPSA) is 25.1 Å². The molecule has 298 valence electrons. The second-order valence-corrected chi connectivity index (χ2v) is 16.7. The van der Waals surface area contributed by atoms with Crippen molar-refractivity contribution in [3.05, 3.63) is 238 Å². The van der Waals surface area contributed by atoms with E-state index in [1.54, 1.807) is 0 Å². The Labute approximate surface area is 383 Å². The summed E-state index contributed by atoms with van der Waals surface area (Å²) in [5.41, 5.74) is 18.6. The van der Waals surface area contributed by atoms with E-state index >= 15 is 0 Å². The number of benzene rings is 8. The van der Waals surface area contributed by atoms with Crippen LogP contribution in [0.15, 0.2) is 158 Å². The van der Waals surface area contributed by atoms with Gasteiger partial charge in [-0.1, -0.05) is 181 Å². The van der Waals surface area contributed by atoms with Crippen molar-refractivity contribution < 1.29 is 51.6 Å². The van der Waals surface area contributed by atoms with E-state index in [9.17, 15) is 0 Å². The predicted molar refractivity (Wildman–Crippen MR) is 239 cm³/mol. The number of hydrogen-bond donors (Lipinski definition) is 0. The minimum Gasteiger partial charge on any atom is -0.570 e. The van der Waals surface area contributed by atoms with Crippen LogP contribution >= 0.6 is 0 Å². The van der Waals surface area contributed by atoms with Crippen molar-refractivity contribution in [1.29, 1.82) is 0 Å². The summed E-state index contributed by atoms with van der Waals surface area (Å²) >= 11 is 0. The number of rotatable bonds is 13. The Kier molecular flexibility index (Phi) is 13.2. The first kappa shape index (κ1) is 42.3. The maximum Gasteiger partial charge on any atom is 0 e. The SMILES string of the molecule is Cc1ccc2c(-c3c(Cc4ccc(Cc5ccc(CC6[CH-]O6)cc5)cc4)ccc4cc(C)ccc34)cc(Cc3ccc(Cc4ccc(CC5[CH-]O5)cc4)cc3)cc2c1.[W].[W]. The largest absolute Gasteiger partial charge is 0.570 e. The minimum absolute atomic E-state index is 0. The summed E-state index contributed by atoms with van der Waals surface area (Å²) in [7, 11) is 0. The second kappa shape index (κ2) is 18.7. The molecule has 60 heavy (non-hydrogen) atoms. The van der Waals surface area contributed by atoms with E-state index in [1.807, 2.05) is 13.2 Å². The van der Waals surface area contributed by atoms with E-state index in [0.717, 1.165) is 38.5 Å². The molecule has 0 amide bonds. The first-order chi connectivity index (χ1) is 28.4. The third-order valence-electron chi connectivity index (χ3n) is 11.9. The number of epoxide rings is 2. The Hall–Kier alpha value is -4.42. The van der Waals surface area contributed by atoms with E-state index < -0.39 is 0 Å². The van der Waals surface area contributed by atoms with Crippen LogP contribution in [0.3, 0.4) is 0 Å². The molecule has 2 saturated heterocycles. The van der Waals surface area contributed by atoms with E-state index in [4.69, 9.17) is 9.47 Å². The fourth-order valence-electron chi connectivity index (χ4n) is 8.65. The van der Waals surface area contributed by atoms with Crippen molar-refractivity contribution in [2.24, 2.45) is 0 Å². The van der Waals surface area contributed by atoms with Crippen LogP contribution in [0.1, 0.15) is 66.8 Å². The Morgan fingerprint density at radius 3 is 1.25 bits per heavy atom. The standard InChI is InChI=1S/C56H48O2.2W/c1-37-4-24-54-48(25-37)21-22-49(30-44-15-9-40(10-16-44)28-42-13-19-46(20-14-42)33-52-36-58-52)56(54)55-34-47(31-50-26-38(2)3-23-53(50)55)29-43-7-5-39(6-8-43)27-41-11-17-45(18-12-41)32-51-35-57-51;;/h3-26,31,34-36,51-52H,27-30,32-33H2,1-2H3;;/q-2;;. The zero-order chi connectivity index (χ0) is 39.0. The van der Waals surface area contributed by atoms with E-state index in [1.165, 1.54) is 99.4 Å². The van der Waals surface area contributed by atoms with Gasteiger partial charge < -0.3 is 9.47 Å². The van der Waals surface area contributed by atoms with Crippen LogP contribution in [-0.4, -0.2) is 12.2 Å². The van der Waals surface area contributed by atoms with E-state index in [2.05, 4.69) is 172 Å². The zero-order valence-corrected chi connectivity index (χ0v) is 40.1. The summed E-state index contributed by atoms with van der Waals surface area (Å²) < 4.78 is 10.6. The van der Waals surface area contributed by atoms with Crippen LogP contribution in [0, 0.1) is 27.1 Å². The van der Waals surface area contributed by atoms with Crippen LogP contribution in [0.25, 0.3) is 32.7 Å². The molecule has 2 aliphatic heterocycles. The molecule has 10 rings (SSSR count). The number of fused-ring (bicyclic) bond motifs is 2. The maximum absolute atomic E-state index is 5.30. The molecule has 2 aliphatic rings. The van der Waals surface area contributed by atoms with Crippen LogP contribution in [0.2, 0.25) is 0 Å². The quantitative estimate of drug-likeness (QED) is 0.0849. The van der Waals surface area contributed by atoms with Crippen molar-refractivity contribution in [3.8, 4) is 11.1 Å². The van der Waals surface area contributed by atoms with Crippen molar-refractivity contribution in [2.45, 2.75) is 64.6 Å². The molecule has 8 aromatic rings. The van der Waals surface area contributed by atoms with Gasteiger partial charge in [-0.3, -0.25) is 0 Å². The Morgan fingerprint density at radius 2 is 0.783 bits per heavy atom. The molecular weight excluding hydrogens is 1070 g/mol. The molecule has 0 saturated carbocycles. The summed E-state index contributed by atoms with van der Waals surface area (Å²) in [5, 5.41) is 5.20. The molecule has 0 spiro atoms. The summed E-state index contributed by atoms with van der Waals surface area (Å²) in [4.78, 5) is 0. The third kappa shape index (κ3) is 10.2. The molecule has 0 aliphatic carbocycles. The van der Waals surface area contributed by atoms with Crippen LogP contribution in [0.5, 0.6) is 0 Å². The van der Waals surface area contributed by atoms with Gasteiger partial charge in [-0.25, -0.2) is 0 Å². The molecular formula is C56H48O2W2-2. The van der Waals surface area contributed by atoms with Crippen molar-refractivity contribution >= 4 is 21.5 Å². The van der Waals surface area contributed by atoms with Gasteiger partial charge in [-0.15, -0.1) is 0 Å². The summed E-state index contributed by atoms with van der Waals surface area (Å²) in [6.07, 6.45) is 6.13. The molecule has 2 atom stereocenters.